The number of carbonyl (C=O) groups is 2. The van der Waals surface area contributed by atoms with Crippen molar-refractivity contribution in [1.82, 2.24) is 4.98 Å². The molecule has 0 spiro atoms. The Hall–Kier alpha value is -2.43. The van der Waals surface area contributed by atoms with Gasteiger partial charge in [0.15, 0.2) is 0 Å². The number of pyridine rings is 1. The molecule has 0 aliphatic heterocycles. The second-order valence-electron chi connectivity index (χ2n) is 3.20. The van der Waals surface area contributed by atoms with E-state index < -0.39 is 11.9 Å². The number of hydrogen-bond acceptors (Lipinski definition) is 3. The lowest BCUT2D eigenvalue weighted by atomic mass is 10.0. The van der Waals surface area contributed by atoms with Gasteiger partial charge in [-0.25, -0.2) is 9.59 Å². The molecule has 5 heteroatoms. The summed E-state index contributed by atoms with van der Waals surface area (Å²) in [7, 11) is 0. The second kappa shape index (κ2) is 3.62. The molecule has 0 radical (unpaired) electrons. The van der Waals surface area contributed by atoms with Crippen LogP contribution in [0.15, 0.2) is 30.5 Å². The van der Waals surface area contributed by atoms with Crippen LogP contribution in [0.5, 0.6) is 0 Å². The predicted octanol–water partition coefficient (Wildman–Crippen LogP) is 1.63. The molecule has 2 N–H and O–H groups in total. The quantitative estimate of drug-likeness (QED) is 0.798. The average Bonchev–Trinajstić information content (AvgIpc) is 2.27. The van der Waals surface area contributed by atoms with Crippen LogP contribution in [0.25, 0.3) is 10.9 Å². The van der Waals surface area contributed by atoms with Crippen molar-refractivity contribution in [1.29, 1.82) is 0 Å². The van der Waals surface area contributed by atoms with E-state index in [4.69, 9.17) is 10.2 Å². The summed E-state index contributed by atoms with van der Waals surface area (Å²) in [6.07, 6.45) is 1.49. The van der Waals surface area contributed by atoms with Crippen molar-refractivity contribution in [2.75, 3.05) is 0 Å². The van der Waals surface area contributed by atoms with E-state index in [0.29, 0.717) is 10.9 Å². The van der Waals surface area contributed by atoms with E-state index in [9.17, 15) is 9.59 Å². The average molecular weight is 217 g/mol. The van der Waals surface area contributed by atoms with Gasteiger partial charge in [-0.1, -0.05) is 6.07 Å². The zero-order chi connectivity index (χ0) is 11.7. The lowest BCUT2D eigenvalue weighted by Crippen LogP contribution is -2.03. The first kappa shape index (κ1) is 10.1. The van der Waals surface area contributed by atoms with Crippen molar-refractivity contribution >= 4 is 22.8 Å². The Labute approximate surface area is 90.0 Å². The summed E-state index contributed by atoms with van der Waals surface area (Å²) >= 11 is 0. The topological polar surface area (TPSA) is 87.5 Å². The fourth-order valence-corrected chi connectivity index (χ4v) is 1.48. The Morgan fingerprint density at radius 2 is 1.88 bits per heavy atom. The summed E-state index contributed by atoms with van der Waals surface area (Å²) < 4.78 is 0. The summed E-state index contributed by atoms with van der Waals surface area (Å²) in [5.74, 6) is -2.34. The number of carboxylic acids is 2. The van der Waals surface area contributed by atoms with E-state index in [1.807, 2.05) is 0 Å². The number of aromatic nitrogens is 1. The van der Waals surface area contributed by atoms with E-state index >= 15 is 0 Å². The summed E-state index contributed by atoms with van der Waals surface area (Å²) in [5, 5.41) is 18.2. The third-order valence-electron chi connectivity index (χ3n) is 2.20. The van der Waals surface area contributed by atoms with Crippen molar-refractivity contribution < 1.29 is 19.8 Å². The Morgan fingerprint density at radius 3 is 2.50 bits per heavy atom. The number of aromatic carboxylic acids is 2. The first-order chi connectivity index (χ1) is 7.59. The molecule has 16 heavy (non-hydrogen) atoms. The highest BCUT2D eigenvalue weighted by atomic mass is 16.4. The summed E-state index contributed by atoms with van der Waals surface area (Å²) in [5.41, 5.74) is 0.228. The van der Waals surface area contributed by atoms with Crippen LogP contribution in [-0.2, 0) is 0 Å². The second-order valence-corrected chi connectivity index (χ2v) is 3.20. The van der Waals surface area contributed by atoms with E-state index in [2.05, 4.69) is 4.98 Å². The largest absolute Gasteiger partial charge is 0.478 e. The molecule has 0 saturated heterocycles. The van der Waals surface area contributed by atoms with Gasteiger partial charge in [-0.3, -0.25) is 4.98 Å². The van der Waals surface area contributed by atoms with Crippen LogP contribution in [0.1, 0.15) is 20.7 Å². The molecule has 1 aromatic carbocycles. The van der Waals surface area contributed by atoms with Gasteiger partial charge in [0.25, 0.3) is 0 Å². The van der Waals surface area contributed by atoms with Gasteiger partial charge in [0.05, 0.1) is 16.6 Å². The molecule has 0 bridgehead atoms. The first-order valence-corrected chi connectivity index (χ1v) is 4.45. The maximum absolute atomic E-state index is 11.0. The van der Waals surface area contributed by atoms with E-state index in [1.165, 1.54) is 12.3 Å². The van der Waals surface area contributed by atoms with Crippen LogP contribution >= 0.6 is 0 Å². The number of carboxylic acid groups (broad SMARTS) is 2. The van der Waals surface area contributed by atoms with Gasteiger partial charge in [0.2, 0.25) is 0 Å². The Balaban J connectivity index is 2.84. The Morgan fingerprint density at radius 1 is 1.12 bits per heavy atom. The number of fused-ring (bicyclic) bond motifs is 1. The zero-order valence-electron chi connectivity index (χ0n) is 8.04. The van der Waals surface area contributed by atoms with E-state index in [0.717, 1.165) is 6.07 Å². The van der Waals surface area contributed by atoms with E-state index in [1.54, 1.807) is 12.1 Å². The molecule has 0 fully saturated rings. The van der Waals surface area contributed by atoms with E-state index in [-0.39, 0.29) is 11.1 Å². The molecular formula is C11H7NO4. The highest BCUT2D eigenvalue weighted by Gasteiger charge is 2.13. The third kappa shape index (κ3) is 1.58. The monoisotopic (exact) mass is 217 g/mol. The van der Waals surface area contributed by atoms with Crippen LogP contribution in [0, 0.1) is 0 Å². The summed E-state index contributed by atoms with van der Waals surface area (Å²) in [6, 6.07) is 5.69. The van der Waals surface area contributed by atoms with Crippen LogP contribution in [0.2, 0.25) is 0 Å². The van der Waals surface area contributed by atoms with Crippen LogP contribution in [-0.4, -0.2) is 27.1 Å². The molecule has 0 atom stereocenters. The highest BCUT2D eigenvalue weighted by Crippen LogP contribution is 2.19. The number of rotatable bonds is 2. The highest BCUT2D eigenvalue weighted by molar-refractivity contribution is 6.05. The van der Waals surface area contributed by atoms with Gasteiger partial charge in [-0.05, 0) is 18.2 Å². The number of nitrogens with zero attached hydrogens (tertiary/aromatic N) is 1. The third-order valence-corrected chi connectivity index (χ3v) is 2.20. The predicted molar refractivity (Wildman–Crippen MR) is 55.7 cm³/mol. The number of benzene rings is 1. The molecule has 2 rings (SSSR count). The van der Waals surface area contributed by atoms with Gasteiger partial charge < -0.3 is 10.2 Å². The van der Waals surface area contributed by atoms with Gasteiger partial charge >= 0.3 is 11.9 Å². The molecule has 5 nitrogen and oxygen atoms in total. The molecule has 0 aliphatic carbocycles. The van der Waals surface area contributed by atoms with Crippen LogP contribution in [0.4, 0.5) is 0 Å². The summed E-state index contributed by atoms with van der Waals surface area (Å²) in [6.45, 7) is 0. The molecular weight excluding hydrogens is 210 g/mol. The molecule has 0 unspecified atom stereocenters. The van der Waals surface area contributed by atoms with Crippen molar-refractivity contribution in [3.8, 4) is 0 Å². The summed E-state index contributed by atoms with van der Waals surface area (Å²) in [4.78, 5) is 25.7. The van der Waals surface area contributed by atoms with Crippen LogP contribution in [0.3, 0.4) is 0 Å². The minimum Gasteiger partial charge on any atom is -0.478 e. The van der Waals surface area contributed by atoms with Crippen LogP contribution < -0.4 is 0 Å². The molecule has 1 heterocycles. The Kier molecular flexibility index (Phi) is 2.28. The van der Waals surface area contributed by atoms with Gasteiger partial charge in [-0.15, -0.1) is 0 Å². The SMILES string of the molecule is O=C(O)c1cc(C(=O)O)c2cccnc2c1. The van der Waals surface area contributed by atoms with Crippen molar-refractivity contribution in [2.24, 2.45) is 0 Å². The smallest absolute Gasteiger partial charge is 0.336 e. The standard InChI is InChI=1S/C11H7NO4/c13-10(14)6-4-8(11(15)16)7-2-1-3-12-9(7)5-6/h1-5H,(H,13,14)(H,15,16). The maximum Gasteiger partial charge on any atom is 0.336 e. The molecule has 0 saturated carbocycles. The lowest BCUT2D eigenvalue weighted by Gasteiger charge is -2.03. The maximum atomic E-state index is 11.0. The molecule has 1 aromatic heterocycles. The normalized spacial score (nSPS) is 10.2. The van der Waals surface area contributed by atoms with Gasteiger partial charge in [-0.2, -0.15) is 0 Å². The molecule has 0 aliphatic rings. The molecule has 80 valence electrons. The number of hydrogen-bond donors (Lipinski definition) is 2. The van der Waals surface area contributed by atoms with Gasteiger partial charge in [0, 0.05) is 11.6 Å². The molecule has 0 amide bonds. The van der Waals surface area contributed by atoms with Gasteiger partial charge in [0.1, 0.15) is 0 Å². The minimum absolute atomic E-state index is 0.0528. The van der Waals surface area contributed by atoms with Crippen molar-refractivity contribution in [3.05, 3.63) is 41.6 Å². The fourth-order valence-electron chi connectivity index (χ4n) is 1.48. The molecule has 2 aromatic rings. The zero-order valence-corrected chi connectivity index (χ0v) is 8.04. The van der Waals surface area contributed by atoms with Crippen molar-refractivity contribution in [2.45, 2.75) is 0 Å². The minimum atomic E-state index is -1.17. The first-order valence-electron chi connectivity index (χ1n) is 4.45. The fraction of sp³-hybridized carbons (Fsp3) is 0. The van der Waals surface area contributed by atoms with Crippen molar-refractivity contribution in [3.63, 3.8) is 0 Å². The Bertz CT molecular complexity index is 592. The lowest BCUT2D eigenvalue weighted by molar-refractivity contribution is 0.0696.